The Kier molecular flexibility index (Phi) is 5.43. The largest absolute Gasteiger partial charge is 0.243 e. The van der Waals surface area contributed by atoms with E-state index in [4.69, 9.17) is 0 Å². The zero-order valence-electron chi connectivity index (χ0n) is 8.86. The highest BCUT2D eigenvalue weighted by Crippen LogP contribution is 2.19. The van der Waals surface area contributed by atoms with Crippen molar-refractivity contribution in [2.24, 2.45) is 0 Å². The van der Waals surface area contributed by atoms with E-state index in [2.05, 4.69) is 31.9 Å². The average Bonchev–Trinajstić information content (AvgIpc) is 2.25. The number of nitrogens with zero attached hydrogens (tertiary/aromatic N) is 1. The fourth-order valence-corrected chi connectivity index (χ4v) is 4.03. The highest BCUT2D eigenvalue weighted by atomic mass is 79.9. The fourth-order valence-electron chi connectivity index (χ4n) is 1.32. The number of benzene rings is 1. The first kappa shape index (κ1) is 14.2. The van der Waals surface area contributed by atoms with Gasteiger partial charge in [-0.2, -0.15) is 4.31 Å². The third kappa shape index (κ3) is 3.29. The molecule has 0 aromatic heterocycles. The Hall–Kier alpha value is 0.0900. The first-order chi connectivity index (χ1) is 7.52. The second kappa shape index (κ2) is 6.14. The molecule has 0 aliphatic rings. The van der Waals surface area contributed by atoms with Crippen LogP contribution in [0.25, 0.3) is 0 Å². The first-order valence-corrected chi connectivity index (χ1v) is 8.19. The predicted molar refractivity (Wildman–Crippen MR) is 72.4 cm³/mol. The van der Waals surface area contributed by atoms with Gasteiger partial charge in [-0.05, 0) is 18.2 Å². The molecule has 1 aromatic carbocycles. The topological polar surface area (TPSA) is 37.4 Å². The fraction of sp³-hybridized carbons (Fsp3) is 0.400. The van der Waals surface area contributed by atoms with Gasteiger partial charge < -0.3 is 0 Å². The molecule has 0 fully saturated rings. The van der Waals surface area contributed by atoms with Crippen LogP contribution in [0.3, 0.4) is 0 Å². The lowest BCUT2D eigenvalue weighted by Gasteiger charge is -2.19. The van der Waals surface area contributed by atoms with E-state index in [1.54, 1.807) is 24.3 Å². The van der Waals surface area contributed by atoms with Gasteiger partial charge in [0.2, 0.25) is 10.0 Å². The van der Waals surface area contributed by atoms with Crippen LogP contribution >= 0.6 is 31.9 Å². The van der Waals surface area contributed by atoms with Gasteiger partial charge in [-0.3, -0.25) is 0 Å². The number of alkyl halides is 1. The molecule has 0 saturated heterocycles. The molecule has 0 amide bonds. The summed E-state index contributed by atoms with van der Waals surface area (Å²) in [5.41, 5.74) is 0. The van der Waals surface area contributed by atoms with Gasteiger partial charge in [0.05, 0.1) is 4.90 Å². The van der Waals surface area contributed by atoms with E-state index in [1.807, 2.05) is 6.92 Å². The molecule has 0 bridgehead atoms. The molecule has 16 heavy (non-hydrogen) atoms. The molecule has 0 radical (unpaired) electrons. The molecule has 0 spiro atoms. The second-order valence-electron chi connectivity index (χ2n) is 3.14. The van der Waals surface area contributed by atoms with E-state index in [-0.39, 0.29) is 0 Å². The summed E-state index contributed by atoms with van der Waals surface area (Å²) in [6.45, 7) is 2.78. The van der Waals surface area contributed by atoms with Crippen LogP contribution in [0.5, 0.6) is 0 Å². The van der Waals surface area contributed by atoms with Crippen LogP contribution in [0.2, 0.25) is 0 Å². The highest BCUT2D eigenvalue weighted by Gasteiger charge is 2.22. The summed E-state index contributed by atoms with van der Waals surface area (Å²) in [5.74, 6) is 0. The molecular weight excluding hydrogens is 358 g/mol. The lowest BCUT2D eigenvalue weighted by atomic mass is 10.4. The summed E-state index contributed by atoms with van der Waals surface area (Å²) >= 11 is 6.53. The summed E-state index contributed by atoms with van der Waals surface area (Å²) < 4.78 is 26.6. The van der Waals surface area contributed by atoms with Gasteiger partial charge in [0, 0.05) is 22.9 Å². The second-order valence-corrected chi connectivity index (χ2v) is 6.79. The zero-order valence-corrected chi connectivity index (χ0v) is 12.8. The van der Waals surface area contributed by atoms with Crippen LogP contribution in [0.4, 0.5) is 0 Å². The lowest BCUT2D eigenvalue weighted by molar-refractivity contribution is 0.448. The lowest BCUT2D eigenvalue weighted by Crippen LogP contribution is -2.32. The first-order valence-electron chi connectivity index (χ1n) is 4.84. The molecule has 0 saturated carbocycles. The van der Waals surface area contributed by atoms with Crippen molar-refractivity contribution in [3.63, 3.8) is 0 Å². The number of halogens is 2. The number of hydrogen-bond donors (Lipinski definition) is 0. The molecule has 90 valence electrons. The molecule has 1 rings (SSSR count). The maximum Gasteiger partial charge on any atom is 0.243 e. The maximum atomic E-state index is 12.2. The number of rotatable bonds is 5. The van der Waals surface area contributed by atoms with E-state index < -0.39 is 10.0 Å². The van der Waals surface area contributed by atoms with Crippen molar-refractivity contribution in [1.82, 2.24) is 4.31 Å². The van der Waals surface area contributed by atoms with Gasteiger partial charge in [-0.25, -0.2) is 8.42 Å². The number of hydrogen-bond acceptors (Lipinski definition) is 2. The van der Waals surface area contributed by atoms with Crippen LogP contribution in [-0.4, -0.2) is 31.1 Å². The summed E-state index contributed by atoms with van der Waals surface area (Å²) in [6, 6.07) is 6.75. The summed E-state index contributed by atoms with van der Waals surface area (Å²) in [6.07, 6.45) is 0. The summed E-state index contributed by atoms with van der Waals surface area (Å²) in [5, 5.41) is 0.633. The quantitative estimate of drug-likeness (QED) is 0.747. The van der Waals surface area contributed by atoms with Gasteiger partial charge in [0.25, 0.3) is 0 Å². The Morgan fingerprint density at radius 2 is 2.06 bits per heavy atom. The summed E-state index contributed by atoms with van der Waals surface area (Å²) in [4.78, 5) is 0.324. The minimum absolute atomic E-state index is 0.324. The highest BCUT2D eigenvalue weighted by molar-refractivity contribution is 9.10. The monoisotopic (exact) mass is 369 g/mol. The molecule has 3 nitrogen and oxygen atoms in total. The van der Waals surface area contributed by atoms with Crippen molar-refractivity contribution < 1.29 is 8.42 Å². The Balaban J connectivity index is 3.09. The third-order valence-electron chi connectivity index (χ3n) is 2.12. The van der Waals surface area contributed by atoms with E-state index >= 15 is 0 Å². The van der Waals surface area contributed by atoms with Crippen molar-refractivity contribution in [2.45, 2.75) is 11.8 Å². The van der Waals surface area contributed by atoms with E-state index in [9.17, 15) is 8.42 Å². The molecular formula is C10H13Br2NO2S. The van der Waals surface area contributed by atoms with Crippen LogP contribution in [-0.2, 0) is 10.0 Å². The van der Waals surface area contributed by atoms with Crippen LogP contribution < -0.4 is 0 Å². The molecule has 0 unspecified atom stereocenters. The molecule has 0 N–H and O–H groups in total. The Morgan fingerprint density at radius 1 is 1.38 bits per heavy atom. The van der Waals surface area contributed by atoms with Crippen molar-refractivity contribution in [3.8, 4) is 0 Å². The van der Waals surface area contributed by atoms with Gasteiger partial charge in [0.1, 0.15) is 0 Å². The minimum atomic E-state index is -3.36. The maximum absolute atomic E-state index is 12.2. The van der Waals surface area contributed by atoms with Crippen molar-refractivity contribution in [3.05, 3.63) is 28.7 Å². The van der Waals surface area contributed by atoms with Crippen LogP contribution in [0, 0.1) is 0 Å². The van der Waals surface area contributed by atoms with Crippen molar-refractivity contribution in [1.29, 1.82) is 0 Å². The van der Waals surface area contributed by atoms with Gasteiger partial charge in [-0.15, -0.1) is 0 Å². The SMILES string of the molecule is CCN(CCBr)S(=O)(=O)c1cccc(Br)c1. The van der Waals surface area contributed by atoms with E-state index in [0.717, 1.165) is 4.47 Å². The molecule has 6 heteroatoms. The van der Waals surface area contributed by atoms with Crippen LogP contribution in [0.1, 0.15) is 6.92 Å². The number of sulfonamides is 1. The zero-order chi connectivity index (χ0) is 12.2. The molecule has 0 atom stereocenters. The van der Waals surface area contributed by atoms with Crippen molar-refractivity contribution >= 4 is 41.9 Å². The summed E-state index contributed by atoms with van der Waals surface area (Å²) in [7, 11) is -3.36. The standard InChI is InChI=1S/C10H13Br2NO2S/c1-2-13(7-6-11)16(14,15)10-5-3-4-9(12)8-10/h3-5,8H,2,6-7H2,1H3. The molecule has 0 aliphatic carbocycles. The van der Waals surface area contributed by atoms with E-state index in [0.29, 0.717) is 23.3 Å². The van der Waals surface area contributed by atoms with Gasteiger partial charge in [-0.1, -0.05) is 44.8 Å². The Morgan fingerprint density at radius 3 is 2.56 bits per heavy atom. The predicted octanol–water partition coefficient (Wildman–Crippen LogP) is 2.85. The average molecular weight is 371 g/mol. The molecule has 1 aromatic rings. The Labute approximate surface area is 113 Å². The van der Waals surface area contributed by atoms with Crippen LogP contribution in [0.15, 0.2) is 33.6 Å². The van der Waals surface area contributed by atoms with Gasteiger partial charge >= 0.3 is 0 Å². The molecule has 0 aliphatic heterocycles. The minimum Gasteiger partial charge on any atom is -0.207 e. The Bertz CT molecular complexity index is 448. The molecule has 0 heterocycles. The van der Waals surface area contributed by atoms with E-state index in [1.165, 1.54) is 4.31 Å². The third-order valence-corrected chi connectivity index (χ3v) is 4.94. The normalized spacial score (nSPS) is 12.0. The smallest absolute Gasteiger partial charge is 0.207 e. The van der Waals surface area contributed by atoms with Gasteiger partial charge in [0.15, 0.2) is 0 Å². The van der Waals surface area contributed by atoms with Crippen molar-refractivity contribution in [2.75, 3.05) is 18.4 Å².